The van der Waals surface area contributed by atoms with E-state index >= 15 is 0 Å². The van der Waals surface area contributed by atoms with Crippen LogP contribution in [0.2, 0.25) is 0 Å². The molecule has 3 aromatic rings. The van der Waals surface area contributed by atoms with Crippen molar-refractivity contribution in [2.75, 3.05) is 20.2 Å². The number of rotatable bonds is 7. The maximum Gasteiger partial charge on any atom is 0.252 e. The molecule has 1 heterocycles. The fourth-order valence-corrected chi connectivity index (χ4v) is 3.99. The van der Waals surface area contributed by atoms with Gasteiger partial charge in [0.05, 0.1) is 7.11 Å². The van der Waals surface area contributed by atoms with Crippen molar-refractivity contribution in [3.63, 3.8) is 0 Å². The second-order valence-electron chi connectivity index (χ2n) is 8.12. The molecular formula is C27H27FN2O4. The van der Waals surface area contributed by atoms with Crippen molar-refractivity contribution in [1.82, 2.24) is 10.2 Å². The van der Waals surface area contributed by atoms with Crippen LogP contribution in [0.4, 0.5) is 4.39 Å². The molecule has 2 amide bonds. The minimum Gasteiger partial charge on any atom is -0.497 e. The first kappa shape index (κ1) is 23.3. The summed E-state index contributed by atoms with van der Waals surface area (Å²) in [6.07, 6.45) is 0.979. The summed E-state index contributed by atoms with van der Waals surface area (Å²) in [5, 5.41) is 2.89. The van der Waals surface area contributed by atoms with E-state index in [0.29, 0.717) is 42.8 Å². The molecule has 0 aliphatic carbocycles. The highest BCUT2D eigenvalue weighted by molar-refractivity contribution is 5.98. The maximum atomic E-state index is 13.9. The number of benzene rings is 3. The van der Waals surface area contributed by atoms with E-state index in [-0.39, 0.29) is 23.7 Å². The number of amides is 2. The lowest BCUT2D eigenvalue weighted by Gasteiger charge is -2.34. The highest BCUT2D eigenvalue weighted by Crippen LogP contribution is 2.24. The number of halogens is 1. The van der Waals surface area contributed by atoms with Gasteiger partial charge in [-0.2, -0.15) is 0 Å². The van der Waals surface area contributed by atoms with Gasteiger partial charge < -0.3 is 19.7 Å². The van der Waals surface area contributed by atoms with Crippen LogP contribution in [-0.4, -0.2) is 43.0 Å². The lowest BCUT2D eigenvalue weighted by Crippen LogP contribution is -2.47. The van der Waals surface area contributed by atoms with Crippen molar-refractivity contribution in [1.29, 1.82) is 0 Å². The molecule has 4 rings (SSSR count). The first-order valence-electron chi connectivity index (χ1n) is 11.2. The molecule has 1 aliphatic rings. The maximum absolute atomic E-state index is 13.9. The molecule has 1 fully saturated rings. The first-order valence-corrected chi connectivity index (χ1v) is 11.2. The van der Waals surface area contributed by atoms with Gasteiger partial charge in [-0.3, -0.25) is 9.59 Å². The van der Waals surface area contributed by atoms with Crippen LogP contribution < -0.4 is 14.8 Å². The second-order valence-corrected chi connectivity index (χ2v) is 8.12. The van der Waals surface area contributed by atoms with E-state index in [0.717, 1.165) is 0 Å². The lowest BCUT2D eigenvalue weighted by atomic mass is 10.0. The van der Waals surface area contributed by atoms with Crippen LogP contribution in [0.3, 0.4) is 0 Å². The number of para-hydroxylation sites is 1. The average Bonchev–Trinajstić information content (AvgIpc) is 2.89. The van der Waals surface area contributed by atoms with E-state index < -0.39 is 11.9 Å². The molecule has 1 unspecified atom stereocenters. The zero-order valence-corrected chi connectivity index (χ0v) is 18.9. The minimum absolute atomic E-state index is 0.176. The summed E-state index contributed by atoms with van der Waals surface area (Å²) in [5.41, 5.74) is 1.14. The normalized spacial score (nSPS) is 14.8. The smallest absolute Gasteiger partial charge is 0.252 e. The van der Waals surface area contributed by atoms with Crippen LogP contribution in [0.1, 0.15) is 34.8 Å². The Kier molecular flexibility index (Phi) is 7.42. The van der Waals surface area contributed by atoms with Crippen LogP contribution in [0, 0.1) is 5.82 Å². The molecule has 34 heavy (non-hydrogen) atoms. The fourth-order valence-electron chi connectivity index (χ4n) is 3.99. The molecule has 1 saturated heterocycles. The molecule has 0 bridgehead atoms. The number of hydrogen-bond acceptors (Lipinski definition) is 4. The number of methoxy groups -OCH3 is 1. The number of ether oxygens (including phenoxy) is 2. The van der Waals surface area contributed by atoms with Crippen LogP contribution in [0.5, 0.6) is 11.5 Å². The summed E-state index contributed by atoms with van der Waals surface area (Å²) in [6.45, 7) is 0.916. The van der Waals surface area contributed by atoms with Crippen molar-refractivity contribution in [2.45, 2.75) is 25.0 Å². The second kappa shape index (κ2) is 10.8. The monoisotopic (exact) mass is 462 g/mol. The Balaban J connectivity index is 1.44. The third kappa shape index (κ3) is 5.54. The molecule has 0 spiro atoms. The Bertz CT molecular complexity index is 1110. The number of carbonyl (C=O) groups excluding carboxylic acids is 2. The topological polar surface area (TPSA) is 67.9 Å². The number of nitrogens with zero attached hydrogens (tertiary/aromatic N) is 1. The number of carbonyl (C=O) groups is 2. The zero-order valence-electron chi connectivity index (χ0n) is 18.9. The highest BCUT2D eigenvalue weighted by Gasteiger charge is 2.31. The molecule has 0 radical (unpaired) electrons. The van der Waals surface area contributed by atoms with Gasteiger partial charge in [0.2, 0.25) is 5.91 Å². The van der Waals surface area contributed by atoms with Crippen LogP contribution >= 0.6 is 0 Å². The highest BCUT2D eigenvalue weighted by atomic mass is 19.1. The average molecular weight is 463 g/mol. The number of nitrogens with one attached hydrogen (secondary N) is 1. The molecule has 1 N–H and O–H groups in total. The van der Waals surface area contributed by atoms with E-state index in [1.54, 1.807) is 54.5 Å². The predicted molar refractivity (Wildman–Crippen MR) is 126 cm³/mol. The van der Waals surface area contributed by atoms with Gasteiger partial charge in [-0.1, -0.05) is 42.5 Å². The van der Waals surface area contributed by atoms with Crippen LogP contribution in [0.15, 0.2) is 78.9 Å². The summed E-state index contributed by atoms with van der Waals surface area (Å²) in [5.74, 6) is -0.0553. The van der Waals surface area contributed by atoms with E-state index in [4.69, 9.17) is 9.47 Å². The molecule has 6 nitrogen and oxygen atoms in total. The van der Waals surface area contributed by atoms with Gasteiger partial charge in [0.25, 0.3) is 5.91 Å². The molecule has 1 aliphatic heterocycles. The number of piperidine rings is 1. The largest absolute Gasteiger partial charge is 0.497 e. The third-order valence-corrected chi connectivity index (χ3v) is 5.89. The van der Waals surface area contributed by atoms with Crippen molar-refractivity contribution >= 4 is 11.8 Å². The molecule has 1 atom stereocenters. The van der Waals surface area contributed by atoms with E-state index in [9.17, 15) is 14.0 Å². The summed E-state index contributed by atoms with van der Waals surface area (Å²) >= 11 is 0. The lowest BCUT2D eigenvalue weighted by molar-refractivity contribution is -0.135. The van der Waals surface area contributed by atoms with E-state index in [1.807, 2.05) is 30.3 Å². The number of hydrogen-bond donors (Lipinski definition) is 1. The summed E-state index contributed by atoms with van der Waals surface area (Å²) in [4.78, 5) is 28.1. The van der Waals surface area contributed by atoms with Crippen LogP contribution in [-0.2, 0) is 4.79 Å². The molecule has 176 valence electrons. The Hall–Kier alpha value is -3.87. The van der Waals surface area contributed by atoms with Crippen LogP contribution in [0.25, 0.3) is 0 Å². The van der Waals surface area contributed by atoms with Gasteiger partial charge in [0.1, 0.15) is 17.9 Å². The van der Waals surface area contributed by atoms with Crippen molar-refractivity contribution in [2.24, 2.45) is 0 Å². The Morgan fingerprint density at radius 3 is 2.24 bits per heavy atom. The van der Waals surface area contributed by atoms with Gasteiger partial charge in [-0.05, 0) is 42.0 Å². The molecule has 0 saturated carbocycles. The van der Waals surface area contributed by atoms with Gasteiger partial charge in [0, 0.05) is 31.5 Å². The Morgan fingerprint density at radius 2 is 1.59 bits per heavy atom. The standard InChI is InChI=1S/C27H27FN2O4/c1-33-21-13-11-20(12-14-21)26(31)29-25(19-7-3-2-4-8-19)27(32)30-17-15-22(16-18-30)34-24-10-6-5-9-23(24)28/h2-14,22,25H,15-18H2,1H3,(H,29,31). The molecular weight excluding hydrogens is 435 g/mol. The van der Waals surface area contributed by atoms with Crippen molar-refractivity contribution < 1.29 is 23.5 Å². The fraction of sp³-hybridized carbons (Fsp3) is 0.259. The van der Waals surface area contributed by atoms with E-state index in [2.05, 4.69) is 5.32 Å². The third-order valence-electron chi connectivity index (χ3n) is 5.89. The molecule has 7 heteroatoms. The van der Waals surface area contributed by atoms with Crippen molar-refractivity contribution in [3.05, 3.63) is 95.8 Å². The minimum atomic E-state index is -0.820. The zero-order chi connectivity index (χ0) is 23.9. The first-order chi connectivity index (χ1) is 16.5. The summed E-state index contributed by atoms with van der Waals surface area (Å²) in [6, 6.07) is 21.4. The SMILES string of the molecule is COc1ccc(C(=O)NC(C(=O)N2CCC(Oc3ccccc3F)CC2)c2ccccc2)cc1. The quantitative estimate of drug-likeness (QED) is 0.566. The van der Waals surface area contributed by atoms with Gasteiger partial charge >= 0.3 is 0 Å². The summed E-state index contributed by atoms with van der Waals surface area (Å²) < 4.78 is 24.9. The van der Waals surface area contributed by atoms with Gasteiger partial charge in [-0.25, -0.2) is 4.39 Å². The Morgan fingerprint density at radius 1 is 0.941 bits per heavy atom. The van der Waals surface area contributed by atoms with E-state index in [1.165, 1.54) is 6.07 Å². The summed E-state index contributed by atoms with van der Waals surface area (Å²) in [7, 11) is 1.56. The Labute approximate surface area is 198 Å². The van der Waals surface area contributed by atoms with Gasteiger partial charge in [-0.15, -0.1) is 0 Å². The van der Waals surface area contributed by atoms with Gasteiger partial charge in [0.15, 0.2) is 11.6 Å². The molecule has 3 aromatic carbocycles. The number of likely N-dealkylation sites (tertiary alicyclic amines) is 1. The van der Waals surface area contributed by atoms with Crippen molar-refractivity contribution in [3.8, 4) is 11.5 Å². The molecule has 0 aromatic heterocycles. The predicted octanol–water partition coefficient (Wildman–Crippen LogP) is 4.38.